The van der Waals surface area contributed by atoms with Gasteiger partial charge >= 0.3 is 5.97 Å². The molecule has 0 saturated carbocycles. The van der Waals surface area contributed by atoms with Crippen molar-refractivity contribution < 1.29 is 19.5 Å². The zero-order chi connectivity index (χ0) is 14.9. The summed E-state index contributed by atoms with van der Waals surface area (Å²) in [6, 6.07) is -1.71. The van der Waals surface area contributed by atoms with Gasteiger partial charge in [0.1, 0.15) is 18.6 Å². The maximum absolute atomic E-state index is 11.8. The third kappa shape index (κ3) is 2.63. The highest BCUT2D eigenvalue weighted by molar-refractivity contribution is 7.13. The molecule has 0 aliphatic carbocycles. The molecule has 108 valence electrons. The highest BCUT2D eigenvalue weighted by Crippen LogP contribution is 2.27. The van der Waals surface area contributed by atoms with Crippen molar-refractivity contribution in [2.75, 3.05) is 11.4 Å². The minimum absolute atomic E-state index is 0.0134. The predicted molar refractivity (Wildman–Crippen MR) is 71.3 cm³/mol. The number of aromatic nitrogens is 1. The number of thiazole rings is 1. The van der Waals surface area contributed by atoms with Gasteiger partial charge in [-0.15, -0.1) is 11.3 Å². The fourth-order valence-corrected chi connectivity index (χ4v) is 2.86. The number of anilines is 1. The molecule has 2 rings (SSSR count). The van der Waals surface area contributed by atoms with Crippen molar-refractivity contribution in [1.82, 2.24) is 10.3 Å². The highest BCUT2D eigenvalue weighted by Gasteiger charge is 2.34. The number of hydrogen-bond acceptors (Lipinski definition) is 7. The van der Waals surface area contributed by atoms with E-state index in [4.69, 9.17) is 10.8 Å². The van der Waals surface area contributed by atoms with Gasteiger partial charge in [0, 0.05) is 5.38 Å². The van der Waals surface area contributed by atoms with Crippen LogP contribution in [-0.4, -0.2) is 40.5 Å². The van der Waals surface area contributed by atoms with Crippen LogP contribution in [0.2, 0.25) is 0 Å². The van der Waals surface area contributed by atoms with E-state index in [1.54, 1.807) is 4.90 Å². The van der Waals surface area contributed by atoms with Gasteiger partial charge in [-0.25, -0.2) is 4.98 Å². The third-order valence-electron chi connectivity index (χ3n) is 2.98. The molecule has 2 unspecified atom stereocenters. The van der Waals surface area contributed by atoms with E-state index in [1.165, 1.54) is 5.38 Å². The summed E-state index contributed by atoms with van der Waals surface area (Å²) in [4.78, 5) is 39.7. The molecule has 0 aromatic carbocycles. The first kappa shape index (κ1) is 14.4. The van der Waals surface area contributed by atoms with Gasteiger partial charge in [-0.05, 0) is 6.42 Å². The van der Waals surface area contributed by atoms with Gasteiger partial charge in [-0.1, -0.05) is 6.92 Å². The summed E-state index contributed by atoms with van der Waals surface area (Å²) in [7, 11) is 0. The van der Waals surface area contributed by atoms with Gasteiger partial charge in [0.15, 0.2) is 5.13 Å². The molecule has 1 aliphatic heterocycles. The lowest BCUT2D eigenvalue weighted by molar-refractivity contribution is -0.139. The normalized spacial score (nSPS) is 20.7. The number of nitrogens with two attached hydrogens (primary N) is 1. The maximum atomic E-state index is 11.8. The summed E-state index contributed by atoms with van der Waals surface area (Å²) in [6.45, 7) is 1.84. The smallest absolute Gasteiger partial charge is 0.326 e. The Morgan fingerprint density at radius 2 is 2.40 bits per heavy atom. The van der Waals surface area contributed by atoms with Crippen LogP contribution in [0, 0.1) is 0 Å². The van der Waals surface area contributed by atoms with Crippen molar-refractivity contribution in [2.45, 2.75) is 25.4 Å². The summed E-state index contributed by atoms with van der Waals surface area (Å²) >= 11 is 1.16. The molecule has 1 fully saturated rings. The van der Waals surface area contributed by atoms with Gasteiger partial charge in [0.2, 0.25) is 11.8 Å². The van der Waals surface area contributed by atoms with Crippen molar-refractivity contribution >= 4 is 34.3 Å². The first-order chi connectivity index (χ1) is 9.43. The minimum atomic E-state index is -1.21. The van der Waals surface area contributed by atoms with E-state index in [1.807, 2.05) is 6.92 Å². The van der Waals surface area contributed by atoms with E-state index in [0.717, 1.165) is 11.3 Å². The number of carboxylic acid groups (broad SMARTS) is 1. The standard InChI is InChI=1S/C11H14N4O4S/c1-2-6-9(17)14-7(16)3-15(6)11-13-5(4-20-11)8(12)10(18)19/h4,6,8H,2-3,12H2,1H3,(H,18,19)(H,14,16,17). The molecule has 0 spiro atoms. The van der Waals surface area contributed by atoms with Crippen LogP contribution in [0.15, 0.2) is 5.38 Å². The van der Waals surface area contributed by atoms with E-state index in [2.05, 4.69) is 10.3 Å². The fraction of sp³-hybridized carbons (Fsp3) is 0.455. The molecule has 0 radical (unpaired) electrons. The Morgan fingerprint density at radius 1 is 1.70 bits per heavy atom. The van der Waals surface area contributed by atoms with Crippen LogP contribution in [-0.2, 0) is 14.4 Å². The van der Waals surface area contributed by atoms with Crippen LogP contribution in [0.3, 0.4) is 0 Å². The molecule has 2 amide bonds. The molecule has 1 aliphatic rings. The molecule has 8 nitrogen and oxygen atoms in total. The quantitative estimate of drug-likeness (QED) is 0.638. The van der Waals surface area contributed by atoms with E-state index in [-0.39, 0.29) is 18.1 Å². The zero-order valence-corrected chi connectivity index (χ0v) is 11.5. The Labute approximate surface area is 118 Å². The maximum Gasteiger partial charge on any atom is 0.326 e. The monoisotopic (exact) mass is 298 g/mol. The Morgan fingerprint density at radius 3 is 3.00 bits per heavy atom. The molecule has 1 saturated heterocycles. The fourth-order valence-electron chi connectivity index (χ4n) is 1.95. The first-order valence-electron chi connectivity index (χ1n) is 5.98. The summed E-state index contributed by atoms with van der Waals surface area (Å²) in [6.07, 6.45) is 0.513. The van der Waals surface area contributed by atoms with E-state index < -0.39 is 24.0 Å². The Kier molecular flexibility index (Phi) is 4.00. The number of nitrogens with one attached hydrogen (secondary N) is 1. The number of aliphatic carboxylic acids is 1. The number of carboxylic acids is 1. The summed E-state index contributed by atoms with van der Waals surface area (Å²) < 4.78 is 0. The molecule has 9 heteroatoms. The van der Waals surface area contributed by atoms with Gasteiger partial charge in [0.05, 0.1) is 5.69 Å². The molecule has 20 heavy (non-hydrogen) atoms. The number of carbonyl (C=O) groups is 3. The molecule has 0 bridgehead atoms. The lowest BCUT2D eigenvalue weighted by Gasteiger charge is -2.33. The molecule has 2 atom stereocenters. The zero-order valence-electron chi connectivity index (χ0n) is 10.7. The second kappa shape index (κ2) is 5.55. The van der Waals surface area contributed by atoms with Gasteiger partial charge < -0.3 is 15.7 Å². The van der Waals surface area contributed by atoms with Crippen molar-refractivity contribution in [3.63, 3.8) is 0 Å². The molecular formula is C11H14N4O4S. The SMILES string of the molecule is CCC1C(=O)NC(=O)CN1c1nc(C(N)C(=O)O)cs1. The predicted octanol–water partition coefficient (Wildman–Crippen LogP) is -0.531. The Bertz CT molecular complexity index is 558. The number of amides is 2. The Hall–Kier alpha value is -2.00. The summed E-state index contributed by atoms with van der Waals surface area (Å²) in [5, 5.41) is 13.1. The largest absolute Gasteiger partial charge is 0.480 e. The first-order valence-corrected chi connectivity index (χ1v) is 6.86. The third-order valence-corrected chi connectivity index (χ3v) is 3.88. The topological polar surface area (TPSA) is 126 Å². The molecular weight excluding hydrogens is 284 g/mol. The lowest BCUT2D eigenvalue weighted by atomic mass is 10.1. The Balaban J connectivity index is 2.27. The van der Waals surface area contributed by atoms with Crippen LogP contribution >= 0.6 is 11.3 Å². The van der Waals surface area contributed by atoms with Crippen molar-refractivity contribution in [3.05, 3.63) is 11.1 Å². The number of piperazine rings is 1. The minimum Gasteiger partial charge on any atom is -0.480 e. The van der Waals surface area contributed by atoms with Crippen LogP contribution in [0.4, 0.5) is 5.13 Å². The van der Waals surface area contributed by atoms with Crippen LogP contribution in [0.25, 0.3) is 0 Å². The number of hydrogen-bond donors (Lipinski definition) is 3. The van der Waals surface area contributed by atoms with Crippen molar-refractivity contribution in [1.29, 1.82) is 0 Å². The van der Waals surface area contributed by atoms with E-state index >= 15 is 0 Å². The average molecular weight is 298 g/mol. The van der Waals surface area contributed by atoms with Crippen molar-refractivity contribution in [3.8, 4) is 0 Å². The highest BCUT2D eigenvalue weighted by atomic mass is 32.1. The second-order valence-corrected chi connectivity index (χ2v) is 5.17. The van der Waals surface area contributed by atoms with E-state index in [0.29, 0.717) is 11.6 Å². The average Bonchev–Trinajstić information content (AvgIpc) is 2.86. The number of rotatable bonds is 4. The molecule has 1 aromatic heterocycles. The molecule has 2 heterocycles. The lowest BCUT2D eigenvalue weighted by Crippen LogP contribution is -2.58. The van der Waals surface area contributed by atoms with Crippen LogP contribution in [0.5, 0.6) is 0 Å². The number of nitrogens with zero attached hydrogens (tertiary/aromatic N) is 2. The van der Waals surface area contributed by atoms with E-state index in [9.17, 15) is 14.4 Å². The van der Waals surface area contributed by atoms with Gasteiger partial charge in [0.25, 0.3) is 0 Å². The summed E-state index contributed by atoms with van der Waals surface area (Å²) in [5.74, 6) is -1.96. The van der Waals surface area contributed by atoms with Gasteiger partial charge in [-0.3, -0.25) is 19.7 Å². The van der Waals surface area contributed by atoms with Gasteiger partial charge in [-0.2, -0.15) is 0 Å². The summed E-state index contributed by atoms with van der Waals surface area (Å²) in [5.41, 5.74) is 5.70. The van der Waals surface area contributed by atoms with Crippen LogP contribution in [0.1, 0.15) is 25.1 Å². The molecule has 4 N–H and O–H groups in total. The molecule has 1 aromatic rings. The second-order valence-electron chi connectivity index (χ2n) is 4.34. The number of imide groups is 1. The van der Waals surface area contributed by atoms with Crippen molar-refractivity contribution in [2.24, 2.45) is 5.73 Å². The van der Waals surface area contributed by atoms with Crippen LogP contribution < -0.4 is 16.0 Å². The number of carbonyl (C=O) groups excluding carboxylic acids is 2.